The molecule has 1 aromatic carbocycles. The number of carbonyl (C=O) groups excluding carboxylic acids is 1. The number of fused-ring (bicyclic) bond motifs is 1. The van der Waals surface area contributed by atoms with Crippen molar-refractivity contribution >= 4 is 34.2 Å². The number of amidine groups is 1. The van der Waals surface area contributed by atoms with E-state index in [9.17, 15) is 13.2 Å². The maximum absolute atomic E-state index is 12.3. The summed E-state index contributed by atoms with van der Waals surface area (Å²) in [5.74, 6) is 0.600. The van der Waals surface area contributed by atoms with Gasteiger partial charge in [0.2, 0.25) is 5.91 Å². The highest BCUT2D eigenvalue weighted by Crippen LogP contribution is 2.26. The van der Waals surface area contributed by atoms with Crippen molar-refractivity contribution in [1.29, 1.82) is 0 Å². The Labute approximate surface area is 154 Å². The maximum atomic E-state index is 12.3. The lowest BCUT2D eigenvalue weighted by molar-refractivity contribution is -0.122. The number of rotatable bonds is 3. The van der Waals surface area contributed by atoms with Gasteiger partial charge in [-0.05, 0) is 31.0 Å². The van der Waals surface area contributed by atoms with E-state index >= 15 is 0 Å². The first kappa shape index (κ1) is 19.7. The first-order valence-electron chi connectivity index (χ1n) is 8.04. The van der Waals surface area contributed by atoms with Crippen LogP contribution in [0.2, 0.25) is 0 Å². The first-order chi connectivity index (χ1) is 11.4. The van der Waals surface area contributed by atoms with E-state index in [0.29, 0.717) is 17.3 Å². The van der Waals surface area contributed by atoms with Gasteiger partial charge in [-0.25, -0.2) is 0 Å². The summed E-state index contributed by atoms with van der Waals surface area (Å²) in [4.78, 5) is 14.1. The highest BCUT2D eigenvalue weighted by atomic mass is 35.5. The first-order valence-corrected chi connectivity index (χ1v) is 9.48. The fourth-order valence-corrected chi connectivity index (χ4v) is 4.34. The van der Waals surface area contributed by atoms with Crippen LogP contribution in [-0.2, 0) is 14.8 Å². The van der Waals surface area contributed by atoms with Crippen molar-refractivity contribution in [2.75, 3.05) is 26.7 Å². The predicted molar refractivity (Wildman–Crippen MR) is 98.6 cm³/mol. The monoisotopic (exact) mass is 386 g/mol. The zero-order chi connectivity index (χ0) is 17.3. The molecule has 7 nitrogen and oxygen atoms in total. The quantitative estimate of drug-likeness (QED) is 0.794. The lowest BCUT2D eigenvalue weighted by atomic mass is 9.95. The minimum absolute atomic E-state index is 0. The largest absolute Gasteiger partial charge is 0.350 e. The van der Waals surface area contributed by atoms with Crippen molar-refractivity contribution in [2.45, 2.75) is 24.3 Å². The zero-order valence-corrected chi connectivity index (χ0v) is 15.9. The predicted octanol–water partition coefficient (Wildman–Crippen LogP) is 0.603. The minimum atomic E-state index is -3.67. The fourth-order valence-electron chi connectivity index (χ4n) is 3.09. The normalized spacial score (nSPS) is 23.8. The van der Waals surface area contributed by atoms with E-state index < -0.39 is 10.0 Å². The van der Waals surface area contributed by atoms with Gasteiger partial charge in [0.25, 0.3) is 10.0 Å². The number of nitrogens with zero attached hydrogens (tertiary/aromatic N) is 2. The maximum Gasteiger partial charge on any atom is 0.285 e. The van der Waals surface area contributed by atoms with E-state index in [2.05, 4.69) is 22.0 Å². The summed E-state index contributed by atoms with van der Waals surface area (Å²) >= 11 is 0. The molecule has 2 heterocycles. The number of hydrogen-bond acceptors (Lipinski definition) is 5. The van der Waals surface area contributed by atoms with E-state index in [-0.39, 0.29) is 35.8 Å². The second kappa shape index (κ2) is 7.72. The number of halogens is 1. The van der Waals surface area contributed by atoms with Crippen LogP contribution in [0.25, 0.3) is 0 Å². The molecular formula is C16H23ClN4O3S. The van der Waals surface area contributed by atoms with Crippen LogP contribution < -0.4 is 10.6 Å². The SMILES string of the molecule is CC1CCNCC1NC(=O)CN(C)C1=NS(=O)(=O)c2ccccc21.Cl. The number of carbonyl (C=O) groups is 1. The van der Waals surface area contributed by atoms with Gasteiger partial charge in [-0.3, -0.25) is 4.79 Å². The van der Waals surface area contributed by atoms with Crippen LogP contribution in [0.1, 0.15) is 18.9 Å². The van der Waals surface area contributed by atoms with Crippen LogP contribution >= 0.6 is 12.4 Å². The highest BCUT2D eigenvalue weighted by molar-refractivity contribution is 7.90. The second-order valence-corrected chi connectivity index (χ2v) is 7.96. The van der Waals surface area contributed by atoms with Crippen molar-refractivity contribution in [3.8, 4) is 0 Å². The molecule has 0 spiro atoms. The molecule has 2 unspecified atom stereocenters. The third-order valence-corrected chi connectivity index (χ3v) is 5.85. The Morgan fingerprint density at radius 1 is 1.40 bits per heavy atom. The topological polar surface area (TPSA) is 90.9 Å². The fraction of sp³-hybridized carbons (Fsp3) is 0.500. The van der Waals surface area contributed by atoms with Gasteiger partial charge in [0.1, 0.15) is 4.90 Å². The number of amides is 1. The summed E-state index contributed by atoms with van der Waals surface area (Å²) in [6.45, 7) is 3.92. The lowest BCUT2D eigenvalue weighted by Crippen LogP contribution is -2.52. The number of piperidine rings is 1. The molecule has 138 valence electrons. The molecule has 1 saturated heterocycles. The van der Waals surface area contributed by atoms with E-state index in [1.807, 2.05) is 0 Å². The summed E-state index contributed by atoms with van der Waals surface area (Å²) < 4.78 is 28.0. The van der Waals surface area contributed by atoms with Gasteiger partial charge < -0.3 is 15.5 Å². The average Bonchev–Trinajstić information content (AvgIpc) is 2.82. The van der Waals surface area contributed by atoms with Gasteiger partial charge in [0.15, 0.2) is 5.84 Å². The van der Waals surface area contributed by atoms with Gasteiger partial charge in [0.05, 0.1) is 6.54 Å². The molecule has 0 radical (unpaired) electrons. The average molecular weight is 387 g/mol. The van der Waals surface area contributed by atoms with Crippen molar-refractivity contribution in [3.63, 3.8) is 0 Å². The van der Waals surface area contributed by atoms with Gasteiger partial charge in [-0.2, -0.15) is 8.42 Å². The number of likely N-dealkylation sites (N-methyl/N-ethyl adjacent to an activating group) is 1. The van der Waals surface area contributed by atoms with Crippen molar-refractivity contribution in [3.05, 3.63) is 29.8 Å². The smallest absolute Gasteiger partial charge is 0.285 e. The molecule has 9 heteroatoms. The zero-order valence-electron chi connectivity index (χ0n) is 14.2. The van der Waals surface area contributed by atoms with Crippen LogP contribution in [-0.4, -0.2) is 57.8 Å². The van der Waals surface area contributed by atoms with Gasteiger partial charge in [0, 0.05) is 25.2 Å². The van der Waals surface area contributed by atoms with Crippen molar-refractivity contribution in [1.82, 2.24) is 15.5 Å². The van der Waals surface area contributed by atoms with Crippen molar-refractivity contribution in [2.24, 2.45) is 10.3 Å². The Morgan fingerprint density at radius 2 is 2.12 bits per heavy atom. The Hall–Kier alpha value is -1.64. The Morgan fingerprint density at radius 3 is 2.84 bits per heavy atom. The Kier molecular flexibility index (Phi) is 6.08. The molecule has 1 amide bonds. The molecule has 1 aromatic rings. The molecule has 0 aliphatic carbocycles. The van der Waals surface area contributed by atoms with Crippen LogP contribution in [0.3, 0.4) is 0 Å². The molecule has 2 aliphatic heterocycles. The van der Waals surface area contributed by atoms with E-state index in [0.717, 1.165) is 19.5 Å². The summed E-state index contributed by atoms with van der Waals surface area (Å²) in [5, 5.41) is 6.29. The van der Waals surface area contributed by atoms with Gasteiger partial charge in [-0.1, -0.05) is 19.1 Å². The third-order valence-electron chi connectivity index (χ3n) is 4.53. The van der Waals surface area contributed by atoms with E-state index in [4.69, 9.17) is 0 Å². The molecule has 0 saturated carbocycles. The Bertz CT molecular complexity index is 781. The minimum Gasteiger partial charge on any atom is -0.350 e. The van der Waals surface area contributed by atoms with E-state index in [1.54, 1.807) is 30.1 Å². The molecule has 2 aliphatic rings. The van der Waals surface area contributed by atoms with Gasteiger partial charge >= 0.3 is 0 Å². The van der Waals surface area contributed by atoms with Crippen molar-refractivity contribution < 1.29 is 13.2 Å². The standard InChI is InChI=1S/C16H22N4O3S.ClH/c1-11-7-8-17-9-13(11)18-15(21)10-20(2)16-12-5-3-4-6-14(12)24(22,23)19-16;/h3-6,11,13,17H,7-10H2,1-2H3,(H,18,21);1H. The van der Waals surface area contributed by atoms with Crippen LogP contribution in [0.15, 0.2) is 33.6 Å². The number of sulfonamides is 1. The molecular weight excluding hydrogens is 364 g/mol. The summed E-state index contributed by atoms with van der Waals surface area (Å²) in [7, 11) is -1.99. The van der Waals surface area contributed by atoms with Crippen LogP contribution in [0.5, 0.6) is 0 Å². The molecule has 3 rings (SSSR count). The summed E-state index contributed by atoms with van der Waals surface area (Å²) in [6.07, 6.45) is 1.03. The molecule has 0 aromatic heterocycles. The molecule has 1 fully saturated rings. The van der Waals surface area contributed by atoms with Crippen LogP contribution in [0, 0.1) is 5.92 Å². The molecule has 0 bridgehead atoms. The van der Waals surface area contributed by atoms with Gasteiger partial charge in [-0.15, -0.1) is 16.8 Å². The van der Waals surface area contributed by atoms with E-state index in [1.165, 1.54) is 6.07 Å². The number of nitrogens with one attached hydrogen (secondary N) is 2. The molecule has 25 heavy (non-hydrogen) atoms. The third kappa shape index (κ3) is 4.13. The summed E-state index contributed by atoms with van der Waals surface area (Å²) in [5.41, 5.74) is 0.542. The number of hydrogen-bond donors (Lipinski definition) is 2. The highest BCUT2D eigenvalue weighted by Gasteiger charge is 2.31. The Balaban J connectivity index is 0.00000225. The van der Waals surface area contributed by atoms with Crippen LogP contribution in [0.4, 0.5) is 0 Å². The molecule has 2 N–H and O–H groups in total. The lowest BCUT2D eigenvalue weighted by Gasteiger charge is -2.31. The second-order valence-electron chi connectivity index (χ2n) is 6.39. The number of benzene rings is 1. The molecule has 2 atom stereocenters. The summed E-state index contributed by atoms with van der Waals surface area (Å²) in [6, 6.07) is 6.77.